The number of rotatable bonds is 5. The number of benzene rings is 1. The Bertz CT molecular complexity index is 524. The maximum atomic E-state index is 12.2. The highest BCUT2D eigenvalue weighted by Gasteiger charge is 2.29. The summed E-state index contributed by atoms with van der Waals surface area (Å²) >= 11 is 12.0. The Labute approximate surface area is 134 Å². The summed E-state index contributed by atoms with van der Waals surface area (Å²) in [5, 5.41) is 3.43. The molecule has 1 aromatic carbocycles. The quantitative estimate of drug-likeness (QED) is 0.898. The van der Waals surface area contributed by atoms with Gasteiger partial charge in [-0.2, -0.15) is 0 Å². The second-order valence-electron chi connectivity index (χ2n) is 5.13. The maximum Gasteiger partial charge on any atom is 0.244 e. The smallest absolute Gasteiger partial charge is 0.244 e. The first-order valence-electron chi connectivity index (χ1n) is 7.05. The summed E-state index contributed by atoms with van der Waals surface area (Å²) in [4.78, 5) is 25.8. The minimum atomic E-state index is -0.292. The van der Waals surface area contributed by atoms with Crippen LogP contribution in [0.3, 0.4) is 0 Å². The summed E-state index contributed by atoms with van der Waals surface area (Å²) in [6.07, 6.45) is 2.94. The molecule has 0 radical (unpaired) electrons. The van der Waals surface area contributed by atoms with Crippen molar-refractivity contribution in [2.45, 2.75) is 26.2 Å². The zero-order valence-electron chi connectivity index (χ0n) is 11.9. The van der Waals surface area contributed by atoms with E-state index in [0.717, 1.165) is 19.3 Å². The second kappa shape index (κ2) is 7.14. The number of hydrogen-bond acceptors (Lipinski definition) is 2. The zero-order valence-corrected chi connectivity index (χ0v) is 13.4. The fourth-order valence-corrected chi connectivity index (χ4v) is 2.72. The van der Waals surface area contributed by atoms with Crippen LogP contribution in [-0.2, 0) is 9.59 Å². The van der Waals surface area contributed by atoms with Gasteiger partial charge in [-0.3, -0.25) is 9.59 Å². The highest BCUT2D eigenvalue weighted by Crippen LogP contribution is 2.30. The molecule has 114 valence electrons. The van der Waals surface area contributed by atoms with E-state index in [1.807, 2.05) is 6.92 Å². The molecule has 0 atom stereocenters. The lowest BCUT2D eigenvalue weighted by atomic mass is 9.84. The zero-order chi connectivity index (χ0) is 15.4. The normalized spacial score (nSPS) is 14.4. The Balaban J connectivity index is 1.98. The van der Waals surface area contributed by atoms with Gasteiger partial charge in [0, 0.05) is 12.5 Å². The Morgan fingerprint density at radius 3 is 2.38 bits per heavy atom. The van der Waals surface area contributed by atoms with Crippen LogP contribution in [0.2, 0.25) is 10.0 Å². The Morgan fingerprint density at radius 2 is 1.90 bits per heavy atom. The molecular weight excluding hydrogens is 311 g/mol. The van der Waals surface area contributed by atoms with Gasteiger partial charge in [0.2, 0.25) is 11.8 Å². The van der Waals surface area contributed by atoms with Crippen LogP contribution in [-0.4, -0.2) is 29.8 Å². The van der Waals surface area contributed by atoms with E-state index >= 15 is 0 Å². The fourth-order valence-electron chi connectivity index (χ4n) is 2.23. The molecule has 0 saturated heterocycles. The van der Waals surface area contributed by atoms with Crippen molar-refractivity contribution >= 4 is 40.7 Å². The van der Waals surface area contributed by atoms with Gasteiger partial charge in [-0.05, 0) is 31.9 Å². The molecule has 2 rings (SSSR count). The Morgan fingerprint density at radius 1 is 1.29 bits per heavy atom. The van der Waals surface area contributed by atoms with E-state index in [0.29, 0.717) is 22.3 Å². The monoisotopic (exact) mass is 328 g/mol. The summed E-state index contributed by atoms with van der Waals surface area (Å²) < 4.78 is 0. The van der Waals surface area contributed by atoms with Gasteiger partial charge < -0.3 is 10.2 Å². The molecule has 1 aromatic rings. The van der Waals surface area contributed by atoms with Crippen LogP contribution < -0.4 is 5.32 Å². The number of hydrogen-bond donors (Lipinski definition) is 1. The van der Waals surface area contributed by atoms with Crippen LogP contribution >= 0.6 is 23.2 Å². The fraction of sp³-hybridized carbons (Fsp3) is 0.467. The van der Waals surface area contributed by atoms with E-state index in [2.05, 4.69) is 5.32 Å². The number of amides is 2. The lowest BCUT2D eigenvalue weighted by molar-refractivity contribution is -0.140. The second-order valence-corrected chi connectivity index (χ2v) is 5.94. The molecule has 0 bridgehead atoms. The summed E-state index contributed by atoms with van der Waals surface area (Å²) in [5.41, 5.74) is 0.387. The number of carbonyl (C=O) groups excluding carboxylic acids is 2. The average molecular weight is 329 g/mol. The number of anilines is 1. The first kappa shape index (κ1) is 16.1. The average Bonchev–Trinajstić information content (AvgIpc) is 2.38. The molecule has 0 spiro atoms. The van der Waals surface area contributed by atoms with Gasteiger partial charge in [-0.25, -0.2) is 0 Å². The van der Waals surface area contributed by atoms with E-state index in [4.69, 9.17) is 23.2 Å². The SMILES string of the molecule is CCN(CC(=O)Nc1c(Cl)cccc1Cl)C(=O)C1CCC1. The number of halogens is 2. The van der Waals surface area contributed by atoms with Crippen LogP contribution in [0.25, 0.3) is 0 Å². The highest BCUT2D eigenvalue weighted by molar-refractivity contribution is 6.39. The van der Waals surface area contributed by atoms with Crippen molar-refractivity contribution in [2.24, 2.45) is 5.92 Å². The molecule has 0 aliphatic heterocycles. The molecule has 2 amide bonds. The molecule has 1 fully saturated rings. The van der Waals surface area contributed by atoms with Crippen molar-refractivity contribution in [1.82, 2.24) is 4.90 Å². The number of nitrogens with zero attached hydrogens (tertiary/aromatic N) is 1. The van der Waals surface area contributed by atoms with Crippen LogP contribution in [0.15, 0.2) is 18.2 Å². The van der Waals surface area contributed by atoms with Gasteiger partial charge >= 0.3 is 0 Å². The predicted molar refractivity (Wildman–Crippen MR) is 84.7 cm³/mol. The highest BCUT2D eigenvalue weighted by atomic mass is 35.5. The molecule has 4 nitrogen and oxygen atoms in total. The van der Waals surface area contributed by atoms with Crippen LogP contribution in [0.4, 0.5) is 5.69 Å². The van der Waals surface area contributed by atoms with E-state index in [-0.39, 0.29) is 24.3 Å². The third-order valence-electron chi connectivity index (χ3n) is 3.71. The van der Waals surface area contributed by atoms with Crippen molar-refractivity contribution in [3.05, 3.63) is 28.2 Å². The number of para-hydroxylation sites is 1. The van der Waals surface area contributed by atoms with E-state index < -0.39 is 0 Å². The standard InChI is InChI=1S/C15H18Cl2N2O2/c1-2-19(15(21)10-5-3-6-10)9-13(20)18-14-11(16)7-4-8-12(14)17/h4,7-8,10H,2-3,5-6,9H2,1H3,(H,18,20). The van der Waals surface area contributed by atoms with Gasteiger partial charge in [-0.15, -0.1) is 0 Å². The van der Waals surface area contributed by atoms with Gasteiger partial charge in [0.25, 0.3) is 0 Å². The third-order valence-corrected chi connectivity index (χ3v) is 4.34. The molecule has 0 heterocycles. The van der Waals surface area contributed by atoms with Crippen molar-refractivity contribution in [3.8, 4) is 0 Å². The van der Waals surface area contributed by atoms with Gasteiger partial charge in [0.15, 0.2) is 0 Å². The molecule has 1 aliphatic rings. The minimum Gasteiger partial charge on any atom is -0.333 e. The topological polar surface area (TPSA) is 49.4 Å². The molecule has 21 heavy (non-hydrogen) atoms. The summed E-state index contributed by atoms with van der Waals surface area (Å²) in [6, 6.07) is 5.01. The lowest BCUT2D eigenvalue weighted by Gasteiger charge is -2.30. The Kier molecular flexibility index (Phi) is 5.48. The van der Waals surface area contributed by atoms with E-state index in [1.165, 1.54) is 0 Å². The minimum absolute atomic E-state index is 0.0212. The van der Waals surface area contributed by atoms with Crippen LogP contribution in [0.1, 0.15) is 26.2 Å². The molecule has 1 saturated carbocycles. The largest absolute Gasteiger partial charge is 0.333 e. The Hall–Kier alpha value is -1.26. The van der Waals surface area contributed by atoms with E-state index in [1.54, 1.807) is 23.1 Å². The van der Waals surface area contributed by atoms with Crippen molar-refractivity contribution < 1.29 is 9.59 Å². The molecule has 0 aromatic heterocycles. The molecule has 0 unspecified atom stereocenters. The molecule has 6 heteroatoms. The van der Waals surface area contributed by atoms with Crippen LogP contribution in [0, 0.1) is 5.92 Å². The number of carbonyl (C=O) groups is 2. The van der Waals surface area contributed by atoms with Gasteiger partial charge in [-0.1, -0.05) is 35.7 Å². The van der Waals surface area contributed by atoms with Crippen molar-refractivity contribution in [3.63, 3.8) is 0 Å². The van der Waals surface area contributed by atoms with E-state index in [9.17, 15) is 9.59 Å². The van der Waals surface area contributed by atoms with Crippen molar-refractivity contribution in [1.29, 1.82) is 0 Å². The molecule has 1 N–H and O–H groups in total. The predicted octanol–water partition coefficient (Wildman–Crippen LogP) is 3.58. The first-order valence-corrected chi connectivity index (χ1v) is 7.81. The lowest BCUT2D eigenvalue weighted by Crippen LogP contribution is -2.43. The maximum absolute atomic E-state index is 12.2. The molecular formula is C15H18Cl2N2O2. The summed E-state index contributed by atoms with van der Waals surface area (Å²) in [7, 11) is 0. The van der Waals surface area contributed by atoms with Gasteiger partial charge in [0.1, 0.15) is 0 Å². The third kappa shape index (κ3) is 3.89. The summed E-state index contributed by atoms with van der Waals surface area (Å²) in [5.74, 6) is -0.148. The first-order chi connectivity index (χ1) is 10.0. The van der Waals surface area contributed by atoms with Crippen molar-refractivity contribution in [2.75, 3.05) is 18.4 Å². The number of nitrogens with one attached hydrogen (secondary N) is 1. The summed E-state index contributed by atoms with van der Waals surface area (Å²) in [6.45, 7) is 2.40. The molecule has 1 aliphatic carbocycles. The number of likely N-dealkylation sites (N-methyl/N-ethyl adjacent to an activating group) is 1. The van der Waals surface area contributed by atoms with Crippen LogP contribution in [0.5, 0.6) is 0 Å². The van der Waals surface area contributed by atoms with Gasteiger partial charge in [0.05, 0.1) is 22.3 Å².